The first-order valence-electron chi connectivity index (χ1n) is 7.04. The van der Waals surface area contributed by atoms with E-state index in [2.05, 4.69) is 40.8 Å². The van der Waals surface area contributed by atoms with Gasteiger partial charge in [0.25, 0.3) is 0 Å². The van der Waals surface area contributed by atoms with Crippen molar-refractivity contribution in [2.24, 2.45) is 0 Å². The summed E-state index contributed by atoms with van der Waals surface area (Å²) in [5.74, 6) is 1.00. The first kappa shape index (κ1) is 14.5. The number of hydrogen-bond acceptors (Lipinski definition) is 4. The summed E-state index contributed by atoms with van der Waals surface area (Å²) in [5.41, 5.74) is 1.09. The molecule has 0 amide bonds. The Morgan fingerprint density at radius 2 is 2.26 bits per heavy atom. The van der Waals surface area contributed by atoms with Crippen molar-refractivity contribution in [1.29, 1.82) is 0 Å². The molecule has 1 fully saturated rings. The largest absolute Gasteiger partial charge is 0.355 e. The number of piperidine rings is 1. The number of anilines is 1. The summed E-state index contributed by atoms with van der Waals surface area (Å²) in [6.07, 6.45) is 6.02. The Morgan fingerprint density at radius 1 is 1.47 bits per heavy atom. The molecule has 1 aromatic heterocycles. The Morgan fingerprint density at radius 3 is 2.95 bits per heavy atom. The lowest BCUT2D eigenvalue weighted by Gasteiger charge is -2.37. The summed E-state index contributed by atoms with van der Waals surface area (Å²) < 4.78 is 0. The van der Waals surface area contributed by atoms with Crippen molar-refractivity contribution in [2.45, 2.75) is 38.6 Å². The topological polar surface area (TPSA) is 32.3 Å². The normalized spacial score (nSPS) is 20.5. The van der Waals surface area contributed by atoms with Gasteiger partial charge in [-0.3, -0.25) is 0 Å². The van der Waals surface area contributed by atoms with Crippen LogP contribution in [0.1, 0.15) is 31.7 Å². The number of aromatic nitrogens is 2. The van der Waals surface area contributed by atoms with E-state index in [1.165, 1.54) is 19.4 Å². The van der Waals surface area contributed by atoms with E-state index in [0.717, 1.165) is 30.8 Å². The fraction of sp³-hybridized carbons (Fsp3) is 0.714. The van der Waals surface area contributed by atoms with E-state index >= 15 is 0 Å². The third-order valence-corrected chi connectivity index (χ3v) is 4.18. The lowest BCUT2D eigenvalue weighted by atomic mass is 10.0. The molecule has 1 aliphatic heterocycles. The van der Waals surface area contributed by atoms with Crippen LogP contribution in [0.15, 0.2) is 6.33 Å². The van der Waals surface area contributed by atoms with Gasteiger partial charge in [0.05, 0.1) is 0 Å². The second-order valence-corrected chi connectivity index (χ2v) is 5.74. The van der Waals surface area contributed by atoms with Gasteiger partial charge in [-0.25, -0.2) is 9.97 Å². The van der Waals surface area contributed by atoms with Gasteiger partial charge in [0.15, 0.2) is 0 Å². The van der Waals surface area contributed by atoms with Crippen molar-refractivity contribution in [2.75, 3.05) is 32.1 Å². The van der Waals surface area contributed by atoms with Crippen LogP contribution in [0.2, 0.25) is 5.15 Å². The van der Waals surface area contributed by atoms with Crippen molar-refractivity contribution in [3.05, 3.63) is 17.0 Å². The quantitative estimate of drug-likeness (QED) is 0.795. The van der Waals surface area contributed by atoms with Gasteiger partial charge in [0.1, 0.15) is 17.3 Å². The predicted molar refractivity (Wildman–Crippen MR) is 80.0 cm³/mol. The molecule has 1 aliphatic rings. The van der Waals surface area contributed by atoms with Gasteiger partial charge in [0, 0.05) is 25.2 Å². The van der Waals surface area contributed by atoms with Gasteiger partial charge in [-0.05, 0) is 32.9 Å². The molecule has 1 unspecified atom stereocenters. The Labute approximate surface area is 120 Å². The molecule has 1 saturated heterocycles. The zero-order valence-electron chi connectivity index (χ0n) is 12.1. The van der Waals surface area contributed by atoms with Gasteiger partial charge >= 0.3 is 0 Å². The third kappa shape index (κ3) is 3.37. The molecule has 1 atom stereocenters. The maximum atomic E-state index is 6.23. The highest BCUT2D eigenvalue weighted by atomic mass is 35.5. The molecule has 0 spiro atoms. The molecule has 106 valence electrons. The molecular formula is C14H23ClN4. The number of nitrogens with zero attached hydrogens (tertiary/aromatic N) is 4. The average molecular weight is 283 g/mol. The Kier molecular flexibility index (Phi) is 4.99. The van der Waals surface area contributed by atoms with Crippen LogP contribution in [0.5, 0.6) is 0 Å². The molecule has 0 bridgehead atoms. The van der Waals surface area contributed by atoms with Crippen LogP contribution in [0.3, 0.4) is 0 Å². The zero-order valence-corrected chi connectivity index (χ0v) is 12.8. The maximum Gasteiger partial charge on any atom is 0.137 e. The van der Waals surface area contributed by atoms with Crippen LogP contribution >= 0.6 is 11.6 Å². The highest BCUT2D eigenvalue weighted by Gasteiger charge is 2.24. The molecule has 5 heteroatoms. The lowest BCUT2D eigenvalue weighted by molar-refractivity contribution is 0.247. The summed E-state index contributed by atoms with van der Waals surface area (Å²) in [7, 11) is 4.31. The predicted octanol–water partition coefficient (Wildman–Crippen LogP) is 2.61. The van der Waals surface area contributed by atoms with Crippen LogP contribution in [0.4, 0.5) is 5.82 Å². The zero-order chi connectivity index (χ0) is 13.8. The van der Waals surface area contributed by atoms with Gasteiger partial charge in [-0.1, -0.05) is 24.9 Å². The monoisotopic (exact) mass is 282 g/mol. The van der Waals surface area contributed by atoms with E-state index in [0.29, 0.717) is 11.2 Å². The Bertz CT molecular complexity index is 424. The van der Waals surface area contributed by atoms with E-state index < -0.39 is 0 Å². The van der Waals surface area contributed by atoms with E-state index in [-0.39, 0.29) is 0 Å². The lowest BCUT2D eigenvalue weighted by Crippen LogP contribution is -2.45. The number of likely N-dealkylation sites (tertiary alicyclic amines) is 1. The number of hydrogen-bond donors (Lipinski definition) is 0. The molecule has 4 nitrogen and oxygen atoms in total. The van der Waals surface area contributed by atoms with Crippen LogP contribution < -0.4 is 4.90 Å². The average Bonchev–Trinajstić information content (AvgIpc) is 2.40. The minimum absolute atomic E-state index is 0.514. The summed E-state index contributed by atoms with van der Waals surface area (Å²) in [6.45, 7) is 4.43. The van der Waals surface area contributed by atoms with Gasteiger partial charge < -0.3 is 9.80 Å². The highest BCUT2D eigenvalue weighted by Crippen LogP contribution is 2.27. The van der Waals surface area contributed by atoms with E-state index in [1.807, 2.05) is 0 Å². The maximum absolute atomic E-state index is 6.23. The SMILES string of the molecule is CCCc1c(Cl)ncnc1N(C)C1CCCN(C)C1. The standard InChI is InChI=1S/C14H23ClN4/c1-4-6-12-13(15)16-10-17-14(12)19(3)11-7-5-8-18(2)9-11/h10-11H,4-9H2,1-3H3. The molecular weight excluding hydrogens is 260 g/mol. The number of likely N-dealkylation sites (N-methyl/N-ethyl adjacent to an activating group) is 2. The highest BCUT2D eigenvalue weighted by molar-refractivity contribution is 6.30. The molecule has 1 aromatic rings. The van der Waals surface area contributed by atoms with Crippen molar-refractivity contribution in [3.63, 3.8) is 0 Å². The number of halogens is 1. The molecule has 0 N–H and O–H groups in total. The second kappa shape index (κ2) is 6.53. The molecule has 0 aromatic carbocycles. The van der Waals surface area contributed by atoms with Gasteiger partial charge in [-0.15, -0.1) is 0 Å². The Hall–Kier alpha value is -0.870. The van der Waals surface area contributed by atoms with Crippen LogP contribution in [0.25, 0.3) is 0 Å². The summed E-state index contributed by atoms with van der Waals surface area (Å²) in [5, 5.41) is 0.600. The molecule has 0 saturated carbocycles. The summed E-state index contributed by atoms with van der Waals surface area (Å²) >= 11 is 6.23. The Balaban J connectivity index is 2.22. The molecule has 0 aliphatic carbocycles. The fourth-order valence-corrected chi connectivity index (χ4v) is 3.00. The van der Waals surface area contributed by atoms with Crippen molar-refractivity contribution < 1.29 is 0 Å². The number of rotatable bonds is 4. The molecule has 19 heavy (non-hydrogen) atoms. The first-order chi connectivity index (χ1) is 9.13. The van der Waals surface area contributed by atoms with Crippen LogP contribution in [-0.4, -0.2) is 48.1 Å². The van der Waals surface area contributed by atoms with E-state index in [1.54, 1.807) is 6.33 Å². The summed E-state index contributed by atoms with van der Waals surface area (Å²) in [6, 6.07) is 0.514. The molecule has 0 radical (unpaired) electrons. The minimum Gasteiger partial charge on any atom is -0.355 e. The van der Waals surface area contributed by atoms with E-state index in [4.69, 9.17) is 11.6 Å². The van der Waals surface area contributed by atoms with Gasteiger partial charge in [-0.2, -0.15) is 0 Å². The van der Waals surface area contributed by atoms with E-state index in [9.17, 15) is 0 Å². The summed E-state index contributed by atoms with van der Waals surface area (Å²) in [4.78, 5) is 13.3. The second-order valence-electron chi connectivity index (χ2n) is 5.39. The van der Waals surface area contributed by atoms with Crippen LogP contribution in [-0.2, 0) is 6.42 Å². The fourth-order valence-electron chi connectivity index (χ4n) is 2.78. The van der Waals surface area contributed by atoms with Crippen molar-refractivity contribution >= 4 is 17.4 Å². The van der Waals surface area contributed by atoms with Crippen LogP contribution in [0, 0.1) is 0 Å². The molecule has 2 rings (SSSR count). The third-order valence-electron chi connectivity index (χ3n) is 3.85. The van der Waals surface area contributed by atoms with Crippen molar-refractivity contribution in [1.82, 2.24) is 14.9 Å². The minimum atomic E-state index is 0.514. The van der Waals surface area contributed by atoms with Crippen molar-refractivity contribution in [3.8, 4) is 0 Å². The van der Waals surface area contributed by atoms with Gasteiger partial charge in [0.2, 0.25) is 0 Å². The smallest absolute Gasteiger partial charge is 0.137 e. The first-order valence-corrected chi connectivity index (χ1v) is 7.42. The molecule has 2 heterocycles.